The maximum atomic E-state index is 13.5. The third-order valence-corrected chi connectivity index (χ3v) is 4.06. The van der Waals surface area contributed by atoms with Gasteiger partial charge in [0.15, 0.2) is 11.6 Å². The number of ether oxygens (including phenoxy) is 1. The summed E-state index contributed by atoms with van der Waals surface area (Å²) in [4.78, 5) is 0. The van der Waals surface area contributed by atoms with Crippen LogP contribution < -0.4 is 16.0 Å². The number of hydrogen-bond acceptors (Lipinski definition) is 3. The molecule has 3 nitrogen and oxygen atoms in total. The summed E-state index contributed by atoms with van der Waals surface area (Å²) in [5, 5.41) is 0.652. The molecule has 2 rings (SSSR count). The first-order valence-electron chi connectivity index (χ1n) is 6.28. The van der Waals surface area contributed by atoms with Crippen molar-refractivity contribution in [1.29, 1.82) is 0 Å². The summed E-state index contributed by atoms with van der Waals surface area (Å²) >= 11 is 9.59. The number of halogens is 3. The highest BCUT2D eigenvalue weighted by atomic mass is 79.9. The minimum atomic E-state index is -0.404. The minimum absolute atomic E-state index is 0.189. The third kappa shape index (κ3) is 3.95. The molecular formula is C15H15BrClFN2O. The molecule has 3 N–H and O–H groups in total. The number of methoxy groups -OCH3 is 1. The molecule has 0 aliphatic heterocycles. The predicted molar refractivity (Wildman–Crippen MR) is 85.9 cm³/mol. The highest BCUT2D eigenvalue weighted by molar-refractivity contribution is 9.10. The van der Waals surface area contributed by atoms with Crippen molar-refractivity contribution in [3.63, 3.8) is 0 Å². The van der Waals surface area contributed by atoms with E-state index in [1.165, 1.54) is 13.2 Å². The van der Waals surface area contributed by atoms with Crippen LogP contribution >= 0.6 is 27.5 Å². The quantitative estimate of drug-likeness (QED) is 0.615. The van der Waals surface area contributed by atoms with Crippen LogP contribution in [-0.4, -0.2) is 7.11 Å². The Morgan fingerprint density at radius 2 is 2.10 bits per heavy atom. The molecule has 2 aromatic rings. The maximum absolute atomic E-state index is 13.5. The van der Waals surface area contributed by atoms with E-state index in [1.54, 1.807) is 12.1 Å². The molecule has 112 valence electrons. The second-order valence-corrected chi connectivity index (χ2v) is 5.88. The molecule has 2 aromatic carbocycles. The zero-order valence-electron chi connectivity index (χ0n) is 11.4. The predicted octanol–water partition coefficient (Wildman–Crippen LogP) is 4.00. The summed E-state index contributed by atoms with van der Waals surface area (Å²) < 4.78 is 19.4. The molecule has 0 radical (unpaired) electrons. The smallest absolute Gasteiger partial charge is 0.165 e. The third-order valence-electron chi connectivity index (χ3n) is 3.22. The van der Waals surface area contributed by atoms with Gasteiger partial charge in [0.25, 0.3) is 0 Å². The normalized spacial score (nSPS) is 12.2. The van der Waals surface area contributed by atoms with E-state index in [4.69, 9.17) is 22.2 Å². The van der Waals surface area contributed by atoms with E-state index in [9.17, 15) is 4.39 Å². The number of hydrazine groups is 1. The van der Waals surface area contributed by atoms with E-state index in [2.05, 4.69) is 21.4 Å². The van der Waals surface area contributed by atoms with Crippen molar-refractivity contribution in [2.24, 2.45) is 5.84 Å². The molecular weight excluding hydrogens is 359 g/mol. The van der Waals surface area contributed by atoms with Crippen LogP contribution in [0.5, 0.6) is 5.75 Å². The maximum Gasteiger partial charge on any atom is 0.165 e. The molecule has 0 aromatic heterocycles. The van der Waals surface area contributed by atoms with Crippen molar-refractivity contribution in [2.45, 2.75) is 12.5 Å². The van der Waals surface area contributed by atoms with Crippen molar-refractivity contribution < 1.29 is 9.13 Å². The standard InChI is InChI=1S/C15H15BrClFN2O/c1-21-15-7-10(3-5-13(15)18)14(20-19)6-9-2-4-11(16)8-12(9)17/h2-5,7-8,14,20H,6,19H2,1H3. The van der Waals surface area contributed by atoms with Crippen LogP contribution in [0.15, 0.2) is 40.9 Å². The topological polar surface area (TPSA) is 47.3 Å². The molecule has 6 heteroatoms. The van der Waals surface area contributed by atoms with Crippen molar-refractivity contribution in [2.75, 3.05) is 7.11 Å². The Morgan fingerprint density at radius 1 is 1.33 bits per heavy atom. The van der Waals surface area contributed by atoms with Crippen molar-refractivity contribution >= 4 is 27.5 Å². The summed E-state index contributed by atoms with van der Waals surface area (Å²) in [7, 11) is 1.43. The Labute approximate surface area is 136 Å². The van der Waals surface area contributed by atoms with Gasteiger partial charge in [0.05, 0.1) is 13.2 Å². The van der Waals surface area contributed by atoms with Crippen LogP contribution in [0.2, 0.25) is 5.02 Å². The molecule has 0 heterocycles. The lowest BCUT2D eigenvalue weighted by atomic mass is 9.99. The molecule has 0 saturated carbocycles. The number of nitrogens with two attached hydrogens (primary N) is 1. The lowest BCUT2D eigenvalue weighted by Crippen LogP contribution is -2.29. The second kappa shape index (κ2) is 7.22. The SMILES string of the molecule is COc1cc(C(Cc2ccc(Br)cc2Cl)NN)ccc1F. The van der Waals surface area contributed by atoms with Crippen LogP contribution in [0.4, 0.5) is 4.39 Å². The summed E-state index contributed by atoms with van der Waals surface area (Å²) in [6.07, 6.45) is 0.581. The molecule has 0 aliphatic rings. The van der Waals surface area contributed by atoms with Gasteiger partial charge in [-0.25, -0.2) is 4.39 Å². The minimum Gasteiger partial charge on any atom is -0.494 e. The number of hydrogen-bond donors (Lipinski definition) is 2. The van der Waals surface area contributed by atoms with Crippen molar-refractivity contribution in [1.82, 2.24) is 5.43 Å². The fourth-order valence-electron chi connectivity index (χ4n) is 2.07. The summed E-state index contributed by atoms with van der Waals surface area (Å²) in [5.74, 6) is 5.41. The summed E-state index contributed by atoms with van der Waals surface area (Å²) in [5.41, 5.74) is 4.51. The lowest BCUT2D eigenvalue weighted by molar-refractivity contribution is 0.384. The van der Waals surface area contributed by atoms with E-state index in [0.717, 1.165) is 15.6 Å². The molecule has 0 bridgehead atoms. The van der Waals surface area contributed by atoms with E-state index < -0.39 is 5.82 Å². The van der Waals surface area contributed by atoms with Gasteiger partial charge in [0.2, 0.25) is 0 Å². The van der Waals surface area contributed by atoms with Gasteiger partial charge >= 0.3 is 0 Å². The van der Waals surface area contributed by atoms with Crippen LogP contribution in [0, 0.1) is 5.82 Å². The molecule has 0 saturated heterocycles. The zero-order chi connectivity index (χ0) is 15.4. The molecule has 0 aliphatic carbocycles. The molecule has 0 fully saturated rings. The Bertz CT molecular complexity index is 639. The highest BCUT2D eigenvalue weighted by Gasteiger charge is 2.15. The zero-order valence-corrected chi connectivity index (χ0v) is 13.7. The molecule has 1 unspecified atom stereocenters. The second-order valence-electron chi connectivity index (χ2n) is 4.55. The Balaban J connectivity index is 2.27. The Hall–Kier alpha value is -1.14. The van der Waals surface area contributed by atoms with Crippen molar-refractivity contribution in [3.8, 4) is 5.75 Å². The van der Waals surface area contributed by atoms with Gasteiger partial charge < -0.3 is 4.74 Å². The first-order chi connectivity index (χ1) is 10.0. The highest BCUT2D eigenvalue weighted by Crippen LogP contribution is 2.28. The van der Waals surface area contributed by atoms with E-state index in [1.807, 2.05) is 18.2 Å². The van der Waals surface area contributed by atoms with Gasteiger partial charge in [0, 0.05) is 9.50 Å². The molecule has 0 spiro atoms. The number of rotatable bonds is 5. The van der Waals surface area contributed by atoms with Gasteiger partial charge in [-0.3, -0.25) is 11.3 Å². The molecule has 21 heavy (non-hydrogen) atoms. The summed E-state index contributed by atoms with van der Waals surface area (Å²) in [6, 6.07) is 10.1. The van der Waals surface area contributed by atoms with Gasteiger partial charge in [-0.05, 0) is 41.8 Å². The van der Waals surface area contributed by atoms with E-state index >= 15 is 0 Å². The first kappa shape index (κ1) is 16.2. The van der Waals surface area contributed by atoms with Gasteiger partial charge in [-0.1, -0.05) is 39.7 Å². The molecule has 1 atom stereocenters. The van der Waals surface area contributed by atoms with Gasteiger partial charge in [-0.2, -0.15) is 0 Å². The summed E-state index contributed by atoms with van der Waals surface area (Å²) in [6.45, 7) is 0. The first-order valence-corrected chi connectivity index (χ1v) is 7.45. The number of nitrogens with one attached hydrogen (secondary N) is 1. The van der Waals surface area contributed by atoms with Gasteiger partial charge in [0.1, 0.15) is 0 Å². The molecule has 0 amide bonds. The Morgan fingerprint density at radius 3 is 2.71 bits per heavy atom. The van der Waals surface area contributed by atoms with E-state index in [-0.39, 0.29) is 11.8 Å². The lowest BCUT2D eigenvalue weighted by Gasteiger charge is -2.18. The van der Waals surface area contributed by atoms with Crippen LogP contribution in [0.25, 0.3) is 0 Å². The average Bonchev–Trinajstić information content (AvgIpc) is 2.47. The van der Waals surface area contributed by atoms with Crippen LogP contribution in [-0.2, 0) is 6.42 Å². The van der Waals surface area contributed by atoms with Crippen LogP contribution in [0.1, 0.15) is 17.2 Å². The van der Waals surface area contributed by atoms with Gasteiger partial charge in [-0.15, -0.1) is 0 Å². The average molecular weight is 374 g/mol. The van der Waals surface area contributed by atoms with Crippen molar-refractivity contribution in [3.05, 3.63) is 62.8 Å². The van der Waals surface area contributed by atoms with E-state index in [0.29, 0.717) is 11.4 Å². The largest absolute Gasteiger partial charge is 0.494 e. The number of benzene rings is 2. The monoisotopic (exact) mass is 372 g/mol. The fourth-order valence-corrected chi connectivity index (χ4v) is 2.82. The fraction of sp³-hybridized carbons (Fsp3) is 0.200. The van der Waals surface area contributed by atoms with Crippen LogP contribution in [0.3, 0.4) is 0 Å². The Kier molecular flexibility index (Phi) is 5.58.